The van der Waals surface area contributed by atoms with Crippen LogP contribution in [0.15, 0.2) is 54.1 Å². The Bertz CT molecular complexity index is 1060. The number of nitrogens with zero attached hydrogens (tertiary/aromatic N) is 2. The number of nitro groups is 1. The molecule has 0 saturated carbocycles. The summed E-state index contributed by atoms with van der Waals surface area (Å²) >= 11 is 5.82. The van der Waals surface area contributed by atoms with Crippen molar-refractivity contribution in [1.29, 1.82) is 0 Å². The average molecular weight is 417 g/mol. The van der Waals surface area contributed by atoms with E-state index in [0.717, 1.165) is 0 Å². The smallest absolute Gasteiger partial charge is 0.323 e. The predicted octanol–water partition coefficient (Wildman–Crippen LogP) is 2.75. The van der Waals surface area contributed by atoms with Crippen molar-refractivity contribution in [2.24, 2.45) is 0 Å². The van der Waals surface area contributed by atoms with Gasteiger partial charge in [0.2, 0.25) is 0 Å². The molecule has 2 aromatic carbocycles. The second kappa shape index (κ2) is 7.72. The summed E-state index contributed by atoms with van der Waals surface area (Å²) in [4.78, 5) is 47.8. The van der Waals surface area contributed by atoms with Crippen molar-refractivity contribution in [1.82, 2.24) is 4.90 Å². The molecule has 1 unspecified atom stereocenters. The molecular weight excluding hydrogens is 404 g/mol. The third-order valence-electron chi connectivity index (χ3n) is 4.39. The van der Waals surface area contributed by atoms with Gasteiger partial charge >= 0.3 is 5.97 Å². The number of carboxylic acid groups (broad SMARTS) is 1. The monoisotopic (exact) mass is 416 g/mol. The molecule has 0 aromatic heterocycles. The Kier molecular flexibility index (Phi) is 5.33. The number of nitro benzene ring substituents is 1. The Balaban J connectivity index is 2.28. The van der Waals surface area contributed by atoms with Gasteiger partial charge in [0, 0.05) is 16.7 Å². The van der Waals surface area contributed by atoms with Gasteiger partial charge < -0.3 is 15.1 Å². The van der Waals surface area contributed by atoms with Crippen LogP contribution in [0.4, 0.5) is 5.69 Å². The molecule has 0 aliphatic carbocycles. The number of aliphatic hydroxyl groups is 1. The molecule has 9 nitrogen and oxygen atoms in total. The molecule has 1 aliphatic heterocycles. The lowest BCUT2D eigenvalue weighted by molar-refractivity contribution is -0.385. The average Bonchev–Trinajstić information content (AvgIpc) is 2.92. The highest BCUT2D eigenvalue weighted by Crippen LogP contribution is 2.42. The fourth-order valence-corrected chi connectivity index (χ4v) is 3.29. The van der Waals surface area contributed by atoms with Crippen molar-refractivity contribution >= 4 is 40.7 Å². The van der Waals surface area contributed by atoms with Gasteiger partial charge in [0.25, 0.3) is 17.4 Å². The van der Waals surface area contributed by atoms with E-state index in [0.29, 0.717) is 9.92 Å². The molecule has 1 heterocycles. The number of hydrogen-bond donors (Lipinski definition) is 2. The van der Waals surface area contributed by atoms with Crippen molar-refractivity contribution < 1.29 is 29.5 Å². The molecule has 0 bridgehead atoms. The molecule has 0 radical (unpaired) electrons. The molecule has 1 fully saturated rings. The summed E-state index contributed by atoms with van der Waals surface area (Å²) < 4.78 is 0. The highest BCUT2D eigenvalue weighted by molar-refractivity contribution is 6.47. The summed E-state index contributed by atoms with van der Waals surface area (Å²) in [6, 6.07) is 9.57. The van der Waals surface area contributed by atoms with Crippen LogP contribution in [0, 0.1) is 10.1 Å². The zero-order valence-electron chi connectivity index (χ0n) is 14.6. The van der Waals surface area contributed by atoms with Crippen LogP contribution in [0.5, 0.6) is 0 Å². The van der Waals surface area contributed by atoms with Gasteiger partial charge in [-0.25, -0.2) is 0 Å². The topological polar surface area (TPSA) is 138 Å². The van der Waals surface area contributed by atoms with Crippen LogP contribution in [0.2, 0.25) is 5.02 Å². The third-order valence-corrected chi connectivity index (χ3v) is 4.64. The van der Waals surface area contributed by atoms with Crippen LogP contribution in [-0.2, 0) is 14.4 Å². The van der Waals surface area contributed by atoms with Gasteiger partial charge in [-0.15, -0.1) is 0 Å². The van der Waals surface area contributed by atoms with Crippen molar-refractivity contribution in [2.75, 3.05) is 6.54 Å². The summed E-state index contributed by atoms with van der Waals surface area (Å²) in [5.41, 5.74) is -0.801. The van der Waals surface area contributed by atoms with Crippen molar-refractivity contribution in [2.45, 2.75) is 6.04 Å². The molecule has 2 aromatic rings. The minimum Gasteiger partial charge on any atom is -0.507 e. The quantitative estimate of drug-likeness (QED) is 0.251. The Morgan fingerprint density at radius 1 is 1.10 bits per heavy atom. The number of carbonyl (C=O) groups excluding carboxylic acids is 2. The lowest BCUT2D eigenvalue weighted by atomic mass is 9.94. The maximum absolute atomic E-state index is 12.6. The molecule has 3 rings (SSSR count). The zero-order chi connectivity index (χ0) is 21.3. The fourth-order valence-electron chi connectivity index (χ4n) is 3.16. The Labute approximate surface area is 168 Å². The summed E-state index contributed by atoms with van der Waals surface area (Å²) in [6.45, 7) is -0.876. The number of rotatable bonds is 5. The first-order chi connectivity index (χ1) is 13.7. The van der Waals surface area contributed by atoms with Gasteiger partial charge in [-0.05, 0) is 30.3 Å². The first-order valence-electron chi connectivity index (χ1n) is 8.21. The van der Waals surface area contributed by atoms with E-state index in [1.807, 2.05) is 0 Å². The van der Waals surface area contributed by atoms with Crippen LogP contribution < -0.4 is 0 Å². The molecule has 1 amide bonds. The number of amides is 1. The second-order valence-electron chi connectivity index (χ2n) is 6.14. The maximum atomic E-state index is 12.6. The van der Waals surface area contributed by atoms with E-state index in [-0.39, 0.29) is 11.1 Å². The third kappa shape index (κ3) is 3.67. The number of carboxylic acids is 1. The SMILES string of the molecule is O=C(O)CN1C(=O)C(=O)/C(=C(/O)c2ccc(Cl)cc2)C1c1ccccc1[N+](=O)[O-]. The number of hydrogen-bond acceptors (Lipinski definition) is 6. The van der Waals surface area contributed by atoms with E-state index in [1.165, 1.54) is 48.5 Å². The molecule has 148 valence electrons. The first kappa shape index (κ1) is 20.0. The van der Waals surface area contributed by atoms with E-state index in [1.54, 1.807) is 0 Å². The number of carbonyl (C=O) groups is 3. The zero-order valence-corrected chi connectivity index (χ0v) is 15.4. The standard InChI is InChI=1S/C19H13ClN2O7/c20-11-7-5-10(6-8-11)17(25)15-16(12-3-1-2-4-13(12)22(28)29)21(9-14(23)24)19(27)18(15)26/h1-8,16,25H,9H2,(H,23,24)/b17-15+. The lowest BCUT2D eigenvalue weighted by Crippen LogP contribution is -2.34. The van der Waals surface area contributed by atoms with Crippen LogP contribution in [0.3, 0.4) is 0 Å². The minimum atomic E-state index is -1.44. The van der Waals surface area contributed by atoms with E-state index in [4.69, 9.17) is 16.7 Å². The fraction of sp³-hybridized carbons (Fsp3) is 0.105. The number of aliphatic carboxylic acids is 1. The number of Topliss-reactive ketones (excluding diaryl/α,β-unsaturated/α-hetero) is 1. The molecule has 1 saturated heterocycles. The van der Waals surface area contributed by atoms with Gasteiger partial charge in [0.15, 0.2) is 0 Å². The highest BCUT2D eigenvalue weighted by atomic mass is 35.5. The van der Waals surface area contributed by atoms with E-state index in [9.17, 15) is 29.6 Å². The van der Waals surface area contributed by atoms with E-state index < -0.39 is 52.2 Å². The molecule has 29 heavy (non-hydrogen) atoms. The largest absolute Gasteiger partial charge is 0.507 e. The lowest BCUT2D eigenvalue weighted by Gasteiger charge is -2.23. The maximum Gasteiger partial charge on any atom is 0.323 e. The minimum absolute atomic E-state index is 0.0894. The van der Waals surface area contributed by atoms with Crippen LogP contribution >= 0.6 is 11.6 Å². The summed E-state index contributed by atoms with van der Waals surface area (Å²) in [5.74, 6) is -4.31. The summed E-state index contributed by atoms with van der Waals surface area (Å²) in [7, 11) is 0. The second-order valence-corrected chi connectivity index (χ2v) is 6.58. The van der Waals surface area contributed by atoms with Gasteiger partial charge in [0.1, 0.15) is 12.3 Å². The molecular formula is C19H13ClN2O7. The predicted molar refractivity (Wildman–Crippen MR) is 101 cm³/mol. The number of para-hydroxylation sites is 1. The van der Waals surface area contributed by atoms with E-state index in [2.05, 4.69) is 0 Å². The number of aliphatic hydroxyl groups excluding tert-OH is 1. The van der Waals surface area contributed by atoms with Crippen LogP contribution in [-0.4, -0.2) is 44.2 Å². The number of halogens is 1. The molecule has 1 atom stereocenters. The number of likely N-dealkylation sites (tertiary alicyclic amines) is 1. The molecule has 2 N–H and O–H groups in total. The number of ketones is 1. The van der Waals surface area contributed by atoms with Crippen LogP contribution in [0.25, 0.3) is 5.76 Å². The Morgan fingerprint density at radius 2 is 1.72 bits per heavy atom. The normalized spacial score (nSPS) is 18.1. The van der Waals surface area contributed by atoms with E-state index >= 15 is 0 Å². The van der Waals surface area contributed by atoms with Crippen molar-refractivity contribution in [3.8, 4) is 0 Å². The highest BCUT2D eigenvalue weighted by Gasteiger charge is 2.48. The van der Waals surface area contributed by atoms with Gasteiger partial charge in [0.05, 0.1) is 22.1 Å². The van der Waals surface area contributed by atoms with Gasteiger partial charge in [-0.1, -0.05) is 23.7 Å². The van der Waals surface area contributed by atoms with Crippen LogP contribution in [0.1, 0.15) is 17.2 Å². The van der Waals surface area contributed by atoms with Gasteiger partial charge in [-0.2, -0.15) is 0 Å². The molecule has 1 aliphatic rings. The Hall–Kier alpha value is -3.72. The summed E-state index contributed by atoms with van der Waals surface area (Å²) in [5, 5.41) is 31.7. The van der Waals surface area contributed by atoms with Crippen molar-refractivity contribution in [3.05, 3.63) is 80.4 Å². The first-order valence-corrected chi connectivity index (χ1v) is 8.59. The number of benzene rings is 2. The van der Waals surface area contributed by atoms with Gasteiger partial charge in [-0.3, -0.25) is 24.5 Å². The molecule has 0 spiro atoms. The Morgan fingerprint density at radius 3 is 2.31 bits per heavy atom. The molecule has 10 heteroatoms. The van der Waals surface area contributed by atoms with Crippen molar-refractivity contribution in [3.63, 3.8) is 0 Å². The summed E-state index contributed by atoms with van der Waals surface area (Å²) in [6.07, 6.45) is 0.